The van der Waals surface area contributed by atoms with Gasteiger partial charge in [-0.1, -0.05) is 5.16 Å². The van der Waals surface area contributed by atoms with Gasteiger partial charge in [-0.05, 0) is 73.2 Å². The van der Waals surface area contributed by atoms with Crippen LogP contribution in [-0.2, 0) is 16.7 Å². The van der Waals surface area contributed by atoms with Gasteiger partial charge >= 0.3 is 0 Å². The van der Waals surface area contributed by atoms with Crippen LogP contribution in [0.25, 0.3) is 22.3 Å². The number of fused-ring (bicyclic) bond motifs is 3. The molecule has 3 aromatic heterocycles. The zero-order valence-electron chi connectivity index (χ0n) is 20.6. The molecule has 3 N–H and O–H groups in total. The zero-order valence-corrected chi connectivity index (χ0v) is 20.6. The number of H-pyrrole nitrogens is 2. The summed E-state index contributed by atoms with van der Waals surface area (Å²) in [7, 11) is 0. The van der Waals surface area contributed by atoms with Crippen LogP contribution in [0.4, 0.5) is 8.78 Å². The molecule has 2 aliphatic rings. The van der Waals surface area contributed by atoms with E-state index >= 15 is 0 Å². The summed E-state index contributed by atoms with van der Waals surface area (Å²) in [6.45, 7) is 2.98. The summed E-state index contributed by atoms with van der Waals surface area (Å²) >= 11 is 0. The van der Waals surface area contributed by atoms with Crippen molar-refractivity contribution in [2.45, 2.75) is 37.8 Å². The number of halogens is 2. The van der Waals surface area contributed by atoms with Gasteiger partial charge in [0, 0.05) is 42.3 Å². The van der Waals surface area contributed by atoms with E-state index < -0.39 is 5.54 Å². The predicted octanol–water partition coefficient (Wildman–Crippen LogP) is 4.48. The number of aromatic amines is 2. The third-order valence-electron chi connectivity index (χ3n) is 7.72. The first-order chi connectivity index (χ1) is 18.5. The number of hydrogen-bond acceptors (Lipinski definition) is 7. The zero-order chi connectivity index (χ0) is 25.9. The van der Waals surface area contributed by atoms with Crippen LogP contribution in [0.5, 0.6) is 0 Å². The van der Waals surface area contributed by atoms with E-state index in [9.17, 15) is 8.78 Å². The number of ether oxygens (including phenoxy) is 1. The van der Waals surface area contributed by atoms with Crippen LogP contribution in [0.1, 0.15) is 47.7 Å². The third kappa shape index (κ3) is 3.64. The molecule has 2 aromatic carbocycles. The Morgan fingerprint density at radius 1 is 1.00 bits per heavy atom. The average molecular weight is 518 g/mol. The van der Waals surface area contributed by atoms with E-state index in [4.69, 9.17) is 19.2 Å². The summed E-state index contributed by atoms with van der Waals surface area (Å²) in [6, 6.07) is 10.6. The van der Waals surface area contributed by atoms with Crippen molar-refractivity contribution in [2.24, 2.45) is 5.92 Å². The maximum atomic E-state index is 14.3. The van der Waals surface area contributed by atoms with Crippen LogP contribution < -0.4 is 5.32 Å². The molecule has 7 rings (SSSR count). The van der Waals surface area contributed by atoms with Gasteiger partial charge in [0.2, 0.25) is 5.89 Å². The van der Waals surface area contributed by atoms with Gasteiger partial charge in [-0.2, -0.15) is 10.1 Å². The van der Waals surface area contributed by atoms with Gasteiger partial charge < -0.3 is 14.2 Å². The molecule has 1 fully saturated rings. The molecule has 0 radical (unpaired) electrons. The highest BCUT2D eigenvalue weighted by Crippen LogP contribution is 2.48. The van der Waals surface area contributed by atoms with Gasteiger partial charge in [-0.15, -0.1) is 0 Å². The van der Waals surface area contributed by atoms with E-state index in [1.807, 2.05) is 6.07 Å². The highest BCUT2D eigenvalue weighted by molar-refractivity contribution is 5.86. The summed E-state index contributed by atoms with van der Waals surface area (Å²) in [5.74, 6) is 1.50. The molecule has 0 bridgehead atoms. The van der Waals surface area contributed by atoms with Crippen molar-refractivity contribution in [3.05, 3.63) is 82.9 Å². The highest BCUT2D eigenvalue weighted by atomic mass is 19.1. The van der Waals surface area contributed by atoms with Crippen molar-refractivity contribution in [3.8, 4) is 11.4 Å². The SMILES string of the molecule is Cc1nc([C@@]2(C3CCOCC3)N[C@@H](c3nc(-c4ccc(F)cc4)n[nH]3)Cc3c2[nH]c2cc(F)ccc32)no1. The summed E-state index contributed by atoms with van der Waals surface area (Å²) in [5, 5.41) is 16.7. The molecule has 0 aliphatic carbocycles. The number of nitrogens with one attached hydrogen (secondary N) is 3. The second-order valence-corrected chi connectivity index (χ2v) is 9.95. The molecule has 0 unspecified atom stereocenters. The first kappa shape index (κ1) is 23.2. The Bertz CT molecular complexity index is 1620. The van der Waals surface area contributed by atoms with Crippen LogP contribution in [0.15, 0.2) is 47.0 Å². The Morgan fingerprint density at radius 2 is 1.79 bits per heavy atom. The van der Waals surface area contributed by atoms with Crippen molar-refractivity contribution in [2.75, 3.05) is 13.2 Å². The molecule has 2 atom stereocenters. The van der Waals surface area contributed by atoms with Crippen molar-refractivity contribution in [1.82, 2.24) is 35.6 Å². The van der Waals surface area contributed by atoms with E-state index in [-0.39, 0.29) is 23.6 Å². The van der Waals surface area contributed by atoms with Crippen molar-refractivity contribution < 1.29 is 18.0 Å². The van der Waals surface area contributed by atoms with Crippen molar-refractivity contribution in [1.29, 1.82) is 0 Å². The van der Waals surface area contributed by atoms with Gasteiger partial charge in [0.1, 0.15) is 23.0 Å². The number of rotatable bonds is 4. The Morgan fingerprint density at radius 3 is 2.55 bits per heavy atom. The maximum Gasteiger partial charge on any atom is 0.223 e. The van der Waals surface area contributed by atoms with E-state index in [0.29, 0.717) is 54.1 Å². The number of benzene rings is 2. The summed E-state index contributed by atoms with van der Waals surface area (Å²) < 4.78 is 38.9. The monoisotopic (exact) mass is 517 g/mol. The summed E-state index contributed by atoms with van der Waals surface area (Å²) in [5.41, 5.74) is 2.49. The minimum atomic E-state index is -0.863. The van der Waals surface area contributed by atoms with Crippen LogP contribution in [-0.4, -0.2) is 43.5 Å². The Hall–Kier alpha value is -3.96. The molecule has 194 valence electrons. The Labute approximate surface area is 216 Å². The highest BCUT2D eigenvalue weighted by Gasteiger charge is 2.53. The van der Waals surface area contributed by atoms with Crippen LogP contribution in [0.2, 0.25) is 0 Å². The third-order valence-corrected chi connectivity index (χ3v) is 7.72. The second kappa shape index (κ2) is 8.81. The van der Waals surface area contributed by atoms with E-state index in [1.54, 1.807) is 19.1 Å². The van der Waals surface area contributed by atoms with E-state index in [2.05, 4.69) is 25.7 Å². The smallest absolute Gasteiger partial charge is 0.223 e. The van der Waals surface area contributed by atoms with Crippen LogP contribution in [0.3, 0.4) is 0 Å². The summed E-state index contributed by atoms with van der Waals surface area (Å²) in [4.78, 5) is 13.0. The topological polar surface area (TPSA) is 118 Å². The largest absolute Gasteiger partial charge is 0.381 e. The Kier molecular flexibility index (Phi) is 5.38. The second-order valence-electron chi connectivity index (χ2n) is 9.95. The van der Waals surface area contributed by atoms with E-state index in [0.717, 1.165) is 29.5 Å². The maximum absolute atomic E-state index is 14.3. The van der Waals surface area contributed by atoms with Crippen molar-refractivity contribution >= 4 is 10.9 Å². The van der Waals surface area contributed by atoms with Crippen LogP contribution >= 0.6 is 0 Å². The number of aryl methyl sites for hydroxylation is 1. The number of hydrogen-bond donors (Lipinski definition) is 3. The molecule has 9 nitrogen and oxygen atoms in total. The molecule has 0 amide bonds. The van der Waals surface area contributed by atoms with Crippen molar-refractivity contribution in [3.63, 3.8) is 0 Å². The molecular formula is C27H25F2N7O2. The number of nitrogens with zero attached hydrogens (tertiary/aromatic N) is 4. The normalized spacial score (nSPS) is 22.1. The van der Waals surface area contributed by atoms with Gasteiger partial charge in [0.15, 0.2) is 11.6 Å². The molecule has 0 saturated carbocycles. The first-order valence-electron chi connectivity index (χ1n) is 12.7. The lowest BCUT2D eigenvalue weighted by Gasteiger charge is -2.45. The number of aromatic nitrogens is 6. The lowest BCUT2D eigenvalue weighted by molar-refractivity contribution is 0.0272. The fourth-order valence-corrected chi connectivity index (χ4v) is 5.97. The lowest BCUT2D eigenvalue weighted by atomic mass is 9.71. The predicted molar refractivity (Wildman–Crippen MR) is 133 cm³/mol. The Balaban J connectivity index is 1.41. The van der Waals surface area contributed by atoms with Gasteiger partial charge in [-0.3, -0.25) is 10.4 Å². The van der Waals surface area contributed by atoms with Crippen LogP contribution in [0, 0.1) is 24.5 Å². The first-order valence-corrected chi connectivity index (χ1v) is 12.7. The fourth-order valence-electron chi connectivity index (χ4n) is 5.97. The van der Waals surface area contributed by atoms with Gasteiger partial charge in [0.25, 0.3) is 0 Å². The molecule has 11 heteroatoms. The molecule has 0 spiro atoms. The van der Waals surface area contributed by atoms with Gasteiger partial charge in [-0.25, -0.2) is 13.8 Å². The molecule has 5 heterocycles. The molecule has 2 aliphatic heterocycles. The summed E-state index contributed by atoms with van der Waals surface area (Å²) in [6.07, 6.45) is 2.11. The molecular weight excluding hydrogens is 492 g/mol. The minimum Gasteiger partial charge on any atom is -0.381 e. The molecule has 38 heavy (non-hydrogen) atoms. The van der Waals surface area contributed by atoms with Gasteiger partial charge in [0.05, 0.1) is 6.04 Å². The molecule has 5 aromatic rings. The molecule has 1 saturated heterocycles. The lowest BCUT2D eigenvalue weighted by Crippen LogP contribution is -2.56. The fraction of sp³-hybridized carbons (Fsp3) is 0.333. The average Bonchev–Trinajstić information content (AvgIpc) is 3.68. The standard InChI is InChI=1S/C27H25F2N7O2/c1-14-30-26(36-38-14)27(16-8-10-37-11-9-16)23-20(19-7-6-18(29)12-21(19)31-23)13-22(33-27)25-32-24(34-35-25)15-2-4-17(28)5-3-15/h2-7,12,16,22,31,33H,8-11,13H2,1H3,(H,32,34,35)/t22-,27+/m1/s1. The quantitative estimate of drug-likeness (QED) is 0.322. The minimum absolute atomic E-state index is 0.0622. The van der Waals surface area contributed by atoms with E-state index in [1.165, 1.54) is 24.3 Å².